The van der Waals surface area contributed by atoms with Crippen LogP contribution < -0.4 is 0 Å². The van der Waals surface area contributed by atoms with Crippen LogP contribution in [0.15, 0.2) is 8.96 Å². The van der Waals surface area contributed by atoms with Gasteiger partial charge in [-0.25, -0.2) is 0 Å². The van der Waals surface area contributed by atoms with E-state index in [1.54, 1.807) is 0 Å². The van der Waals surface area contributed by atoms with Gasteiger partial charge in [-0.2, -0.15) is 0 Å². The predicted molar refractivity (Wildman–Crippen MR) is 63.9 cm³/mol. The van der Waals surface area contributed by atoms with E-state index in [0.717, 1.165) is 0 Å². The summed E-state index contributed by atoms with van der Waals surface area (Å²) in [6, 6.07) is 0. The second-order valence-corrected chi connectivity index (χ2v) is 4.93. The van der Waals surface area contributed by atoms with Crippen molar-refractivity contribution < 1.29 is 0 Å². The highest BCUT2D eigenvalue weighted by molar-refractivity contribution is 9.14. The van der Waals surface area contributed by atoms with Gasteiger partial charge >= 0.3 is 0 Å². The maximum Gasteiger partial charge on any atom is 0.00518 e. The van der Waals surface area contributed by atoms with E-state index in [2.05, 4.69) is 45.7 Å². The molecule has 0 aliphatic heterocycles. The second-order valence-electron chi connectivity index (χ2n) is 3.02. The van der Waals surface area contributed by atoms with Gasteiger partial charge in [-0.3, -0.25) is 0 Å². The molecule has 0 nitrogen and oxygen atoms in total. The maximum absolute atomic E-state index is 3.61. The molecule has 0 unspecified atom stereocenters. The van der Waals surface area contributed by atoms with Crippen LogP contribution in [0.1, 0.15) is 52.4 Å². The van der Waals surface area contributed by atoms with Gasteiger partial charge in [-0.1, -0.05) is 58.5 Å². The van der Waals surface area contributed by atoms with E-state index in [4.69, 9.17) is 0 Å². The van der Waals surface area contributed by atoms with Gasteiger partial charge in [-0.05, 0) is 25.7 Å². The summed E-state index contributed by atoms with van der Waals surface area (Å²) in [5, 5.41) is 0. The van der Waals surface area contributed by atoms with Crippen molar-refractivity contribution in [2.45, 2.75) is 52.4 Å². The molecule has 0 heterocycles. The van der Waals surface area contributed by atoms with Crippen molar-refractivity contribution in [3.8, 4) is 0 Å². The molecule has 12 heavy (non-hydrogen) atoms. The van der Waals surface area contributed by atoms with Crippen LogP contribution in [0.3, 0.4) is 0 Å². The van der Waals surface area contributed by atoms with E-state index >= 15 is 0 Å². The van der Waals surface area contributed by atoms with Crippen molar-refractivity contribution in [3.05, 3.63) is 8.96 Å². The predicted octanol–water partition coefficient (Wildman–Crippen LogP) is 5.37. The summed E-state index contributed by atoms with van der Waals surface area (Å²) >= 11 is 7.21. The summed E-state index contributed by atoms with van der Waals surface area (Å²) in [6.07, 6.45) is 7.46. The minimum Gasteiger partial charge on any atom is -0.0654 e. The fraction of sp³-hybridized carbons (Fsp3) is 0.800. The molecule has 0 aromatic carbocycles. The van der Waals surface area contributed by atoms with Gasteiger partial charge in [0.15, 0.2) is 0 Å². The highest BCUT2D eigenvalue weighted by Crippen LogP contribution is 2.27. The molecule has 0 saturated heterocycles. The summed E-state index contributed by atoms with van der Waals surface area (Å²) < 4.78 is 2.72. The standard InChI is InChI=1S/C10H18Br2/c1-3-5-7-9(11)10(12)8-6-4-2/h3-8H2,1-2H3/b10-9+. The lowest BCUT2D eigenvalue weighted by Gasteiger charge is -2.02. The third-order valence-electron chi connectivity index (χ3n) is 1.79. The van der Waals surface area contributed by atoms with Crippen molar-refractivity contribution in [2.24, 2.45) is 0 Å². The molecule has 0 aliphatic carbocycles. The largest absolute Gasteiger partial charge is 0.0654 e. The van der Waals surface area contributed by atoms with Crippen LogP contribution in [0.4, 0.5) is 0 Å². The lowest BCUT2D eigenvalue weighted by molar-refractivity contribution is 0.785. The fourth-order valence-corrected chi connectivity index (χ4v) is 1.89. The van der Waals surface area contributed by atoms with Gasteiger partial charge < -0.3 is 0 Å². The van der Waals surface area contributed by atoms with Crippen LogP contribution >= 0.6 is 31.9 Å². The Balaban J connectivity index is 3.72. The average Bonchev–Trinajstić information content (AvgIpc) is 2.10. The van der Waals surface area contributed by atoms with E-state index in [1.807, 2.05) is 0 Å². The fourth-order valence-electron chi connectivity index (χ4n) is 0.935. The molecule has 0 atom stereocenters. The second kappa shape index (κ2) is 8.31. The molecule has 72 valence electrons. The summed E-state index contributed by atoms with van der Waals surface area (Å²) in [7, 11) is 0. The molecule has 0 N–H and O–H groups in total. The van der Waals surface area contributed by atoms with E-state index in [-0.39, 0.29) is 0 Å². The Morgan fingerprint density at radius 3 is 1.42 bits per heavy atom. The van der Waals surface area contributed by atoms with Crippen LogP contribution in [-0.4, -0.2) is 0 Å². The van der Waals surface area contributed by atoms with Crippen LogP contribution in [0.5, 0.6) is 0 Å². The Kier molecular flexibility index (Phi) is 8.79. The third kappa shape index (κ3) is 6.24. The van der Waals surface area contributed by atoms with Crippen molar-refractivity contribution in [1.82, 2.24) is 0 Å². The SMILES string of the molecule is CCCC/C(Br)=C(\Br)CCCC. The molecule has 0 bridgehead atoms. The Morgan fingerprint density at radius 1 is 0.833 bits per heavy atom. The molecule has 2 heteroatoms. The zero-order valence-electron chi connectivity index (χ0n) is 8.00. The number of halogens is 2. The quantitative estimate of drug-likeness (QED) is 0.618. The number of unbranched alkanes of at least 4 members (excludes halogenated alkanes) is 2. The third-order valence-corrected chi connectivity index (χ3v) is 4.08. The maximum atomic E-state index is 3.61. The lowest BCUT2D eigenvalue weighted by Crippen LogP contribution is -1.80. The van der Waals surface area contributed by atoms with Crippen LogP contribution in [0, 0.1) is 0 Å². The zero-order valence-corrected chi connectivity index (χ0v) is 11.2. The number of hydrogen-bond acceptors (Lipinski definition) is 0. The molecule has 0 amide bonds. The molecule has 0 fully saturated rings. The molecule has 0 saturated carbocycles. The number of hydrogen-bond donors (Lipinski definition) is 0. The average molecular weight is 298 g/mol. The molecular formula is C10H18Br2. The first kappa shape index (κ1) is 12.7. The van der Waals surface area contributed by atoms with Gasteiger partial charge in [0, 0.05) is 8.96 Å². The zero-order chi connectivity index (χ0) is 9.40. The molecule has 0 aromatic heterocycles. The summed E-state index contributed by atoms with van der Waals surface area (Å²) in [5.41, 5.74) is 0. The Labute approximate surface area is 93.1 Å². The Hall–Kier alpha value is 0.700. The molecule has 0 rings (SSSR count). The summed E-state index contributed by atoms with van der Waals surface area (Å²) in [5.74, 6) is 0. The lowest BCUT2D eigenvalue weighted by atomic mass is 10.2. The smallest absolute Gasteiger partial charge is 0.00518 e. The monoisotopic (exact) mass is 296 g/mol. The molecular weight excluding hydrogens is 280 g/mol. The molecule has 0 radical (unpaired) electrons. The first-order valence-electron chi connectivity index (χ1n) is 4.75. The van der Waals surface area contributed by atoms with Crippen LogP contribution in [0.2, 0.25) is 0 Å². The minimum absolute atomic E-state index is 1.18. The first-order valence-corrected chi connectivity index (χ1v) is 6.34. The number of rotatable bonds is 6. The highest BCUT2D eigenvalue weighted by Gasteiger charge is 1.99. The molecule has 0 spiro atoms. The number of allylic oxidation sites excluding steroid dienone is 2. The topological polar surface area (TPSA) is 0 Å². The highest BCUT2D eigenvalue weighted by atomic mass is 79.9. The molecule has 0 aromatic rings. The van der Waals surface area contributed by atoms with E-state index in [9.17, 15) is 0 Å². The van der Waals surface area contributed by atoms with Crippen molar-refractivity contribution in [3.63, 3.8) is 0 Å². The van der Waals surface area contributed by atoms with Gasteiger partial charge in [0.2, 0.25) is 0 Å². The Bertz CT molecular complexity index is 123. The van der Waals surface area contributed by atoms with Gasteiger partial charge in [0.25, 0.3) is 0 Å². The van der Waals surface area contributed by atoms with Crippen molar-refractivity contribution in [1.29, 1.82) is 0 Å². The van der Waals surface area contributed by atoms with E-state index in [1.165, 1.54) is 47.5 Å². The summed E-state index contributed by atoms with van der Waals surface area (Å²) in [6.45, 7) is 4.44. The Morgan fingerprint density at radius 2 is 1.17 bits per heavy atom. The van der Waals surface area contributed by atoms with E-state index < -0.39 is 0 Å². The van der Waals surface area contributed by atoms with Crippen molar-refractivity contribution in [2.75, 3.05) is 0 Å². The van der Waals surface area contributed by atoms with Crippen LogP contribution in [-0.2, 0) is 0 Å². The van der Waals surface area contributed by atoms with Crippen LogP contribution in [0.25, 0.3) is 0 Å². The van der Waals surface area contributed by atoms with Gasteiger partial charge in [0.05, 0.1) is 0 Å². The first-order chi connectivity index (χ1) is 5.72. The van der Waals surface area contributed by atoms with E-state index in [0.29, 0.717) is 0 Å². The summed E-state index contributed by atoms with van der Waals surface area (Å²) in [4.78, 5) is 0. The van der Waals surface area contributed by atoms with Crippen molar-refractivity contribution >= 4 is 31.9 Å². The molecule has 0 aliphatic rings. The minimum atomic E-state index is 1.18. The normalized spacial score (nSPS) is 13.0. The van der Waals surface area contributed by atoms with Gasteiger partial charge in [-0.15, -0.1) is 0 Å². The van der Waals surface area contributed by atoms with Gasteiger partial charge in [0.1, 0.15) is 0 Å².